The summed E-state index contributed by atoms with van der Waals surface area (Å²) in [4.78, 5) is 11.7. The van der Waals surface area contributed by atoms with Crippen molar-refractivity contribution in [2.75, 3.05) is 13.1 Å². The van der Waals surface area contributed by atoms with Crippen molar-refractivity contribution in [2.24, 2.45) is 0 Å². The van der Waals surface area contributed by atoms with E-state index in [0.29, 0.717) is 13.1 Å². The number of nitrogens with zero attached hydrogens (tertiary/aromatic N) is 1. The molecular weight excluding hydrogens is 365 g/mol. The van der Waals surface area contributed by atoms with Crippen LogP contribution in [0.15, 0.2) is 40.6 Å². The molecule has 0 unspecified atom stereocenters. The van der Waals surface area contributed by atoms with Gasteiger partial charge in [0.25, 0.3) is 10.0 Å². The van der Waals surface area contributed by atoms with Gasteiger partial charge in [0.2, 0.25) is 0 Å². The number of carbonyl (C=O) groups is 1. The van der Waals surface area contributed by atoms with Gasteiger partial charge in [-0.15, -0.1) is 11.3 Å². The lowest BCUT2D eigenvalue weighted by molar-refractivity contribution is -0.295. The fourth-order valence-corrected chi connectivity index (χ4v) is 5.62. The molecule has 2 aromatic rings. The Balaban J connectivity index is 1.98. The number of benzene rings is 1. The molecule has 0 spiro atoms. The predicted molar refractivity (Wildman–Crippen MR) is 91.6 cm³/mol. The number of carboxylic acid groups (broad SMARTS) is 1. The van der Waals surface area contributed by atoms with Gasteiger partial charge in [0.1, 0.15) is 10.0 Å². The zero-order valence-electron chi connectivity index (χ0n) is 13.1. The van der Waals surface area contributed by atoms with Gasteiger partial charge in [-0.05, 0) is 37.1 Å². The van der Waals surface area contributed by atoms with E-state index in [-0.39, 0.29) is 20.2 Å². The average molecular weight is 380 g/mol. The number of sulfonamides is 1. The fourth-order valence-electron chi connectivity index (χ4n) is 2.64. The van der Waals surface area contributed by atoms with E-state index in [4.69, 9.17) is 0 Å². The van der Waals surface area contributed by atoms with Crippen LogP contribution in [0.3, 0.4) is 0 Å². The second-order valence-electron chi connectivity index (χ2n) is 5.60. The van der Waals surface area contributed by atoms with Crippen LogP contribution in [0.25, 0.3) is 11.6 Å². The van der Waals surface area contributed by atoms with Crippen LogP contribution in [-0.4, -0.2) is 31.8 Å². The Morgan fingerprint density at radius 1 is 1.16 bits per heavy atom. The Labute approximate surface area is 149 Å². The number of carbonyl (C=O) groups excluding carboxylic acids is 1. The van der Waals surface area contributed by atoms with Crippen molar-refractivity contribution >= 4 is 39.0 Å². The fraction of sp³-hybridized carbons (Fsp3) is 0.235. The van der Waals surface area contributed by atoms with Gasteiger partial charge in [-0.25, -0.2) is 12.8 Å². The first-order valence-corrected chi connectivity index (χ1v) is 9.93. The molecule has 0 amide bonds. The largest absolute Gasteiger partial charge is 0.545 e. The normalized spacial score (nSPS) is 16.3. The Kier molecular flexibility index (Phi) is 5.03. The average Bonchev–Trinajstić information content (AvgIpc) is 3.26. The summed E-state index contributed by atoms with van der Waals surface area (Å²) in [6.07, 6.45) is 2.78. The molecule has 132 valence electrons. The van der Waals surface area contributed by atoms with Gasteiger partial charge in [0.15, 0.2) is 0 Å². The maximum atomic E-state index is 13.8. The number of hydrogen-bond acceptors (Lipinski definition) is 5. The Morgan fingerprint density at radius 2 is 1.84 bits per heavy atom. The molecule has 25 heavy (non-hydrogen) atoms. The molecule has 8 heteroatoms. The molecule has 1 aromatic heterocycles. The van der Waals surface area contributed by atoms with Crippen LogP contribution in [0, 0.1) is 5.82 Å². The number of halogens is 1. The summed E-state index contributed by atoms with van der Waals surface area (Å²) in [5.41, 5.74) is -0.156. The molecule has 1 aliphatic rings. The SMILES string of the molecule is O=C([O-])/C(=C\c1ccccc1F)c1ccc(S(=O)(=O)N2CCCC2)s1. The lowest BCUT2D eigenvalue weighted by Gasteiger charge is -2.13. The molecule has 0 saturated carbocycles. The minimum atomic E-state index is -3.62. The van der Waals surface area contributed by atoms with Gasteiger partial charge in [0, 0.05) is 29.1 Å². The quantitative estimate of drug-likeness (QED) is 0.743. The van der Waals surface area contributed by atoms with E-state index < -0.39 is 21.8 Å². The van der Waals surface area contributed by atoms with Crippen LogP contribution >= 0.6 is 11.3 Å². The summed E-state index contributed by atoms with van der Waals surface area (Å²) in [6, 6.07) is 8.53. The van der Waals surface area contributed by atoms with Crippen molar-refractivity contribution in [1.82, 2.24) is 4.31 Å². The summed E-state index contributed by atoms with van der Waals surface area (Å²) in [6.45, 7) is 0.932. The number of aliphatic carboxylic acids is 1. The van der Waals surface area contributed by atoms with Gasteiger partial charge < -0.3 is 9.90 Å². The van der Waals surface area contributed by atoms with Crippen LogP contribution in [0.5, 0.6) is 0 Å². The van der Waals surface area contributed by atoms with Crippen molar-refractivity contribution in [3.8, 4) is 0 Å². The van der Waals surface area contributed by atoms with Crippen molar-refractivity contribution in [1.29, 1.82) is 0 Å². The lowest BCUT2D eigenvalue weighted by atomic mass is 10.1. The Hall–Kier alpha value is -2.03. The molecule has 5 nitrogen and oxygen atoms in total. The maximum Gasteiger partial charge on any atom is 0.252 e. The van der Waals surface area contributed by atoms with Gasteiger partial charge in [-0.3, -0.25) is 0 Å². The highest BCUT2D eigenvalue weighted by Crippen LogP contribution is 2.32. The summed E-state index contributed by atoms with van der Waals surface area (Å²) in [5.74, 6) is -2.06. The summed E-state index contributed by atoms with van der Waals surface area (Å²) >= 11 is 0.847. The minimum absolute atomic E-state index is 0.0742. The summed E-state index contributed by atoms with van der Waals surface area (Å²) in [7, 11) is -3.62. The smallest absolute Gasteiger partial charge is 0.252 e. The molecule has 1 saturated heterocycles. The zero-order chi connectivity index (χ0) is 18.0. The highest BCUT2D eigenvalue weighted by molar-refractivity contribution is 7.91. The third-order valence-electron chi connectivity index (χ3n) is 3.93. The van der Waals surface area contributed by atoms with E-state index >= 15 is 0 Å². The molecule has 1 fully saturated rings. The van der Waals surface area contributed by atoms with Gasteiger partial charge >= 0.3 is 0 Å². The molecule has 0 aliphatic carbocycles. The number of thiophene rings is 1. The van der Waals surface area contributed by atoms with Crippen molar-refractivity contribution in [3.05, 3.63) is 52.7 Å². The minimum Gasteiger partial charge on any atom is -0.545 e. The van der Waals surface area contributed by atoms with Crippen LogP contribution < -0.4 is 5.11 Å². The number of rotatable bonds is 5. The Morgan fingerprint density at radius 3 is 2.48 bits per heavy atom. The van der Waals surface area contributed by atoms with Crippen LogP contribution in [0.2, 0.25) is 0 Å². The highest BCUT2D eigenvalue weighted by atomic mass is 32.2. The van der Waals surface area contributed by atoms with Gasteiger partial charge in [-0.2, -0.15) is 4.31 Å². The zero-order valence-corrected chi connectivity index (χ0v) is 14.8. The van der Waals surface area contributed by atoms with Crippen LogP contribution in [-0.2, 0) is 14.8 Å². The van der Waals surface area contributed by atoms with E-state index in [1.165, 1.54) is 34.6 Å². The number of hydrogen-bond donors (Lipinski definition) is 0. The standard InChI is InChI=1S/C17H16FNO4S2/c18-14-6-2-1-5-12(14)11-13(17(20)21)15-7-8-16(24-15)25(22,23)19-9-3-4-10-19/h1-2,5-8,11H,3-4,9-10H2,(H,20,21)/p-1/b13-11-. The molecule has 0 bridgehead atoms. The van der Waals surface area contributed by atoms with Crippen molar-refractivity contribution < 1.29 is 22.7 Å². The maximum absolute atomic E-state index is 13.8. The van der Waals surface area contributed by atoms with Crippen molar-refractivity contribution in [2.45, 2.75) is 17.1 Å². The molecule has 1 aromatic carbocycles. The third kappa shape index (κ3) is 3.65. The second-order valence-corrected chi connectivity index (χ2v) is 8.85. The van der Waals surface area contributed by atoms with E-state index in [0.717, 1.165) is 30.3 Å². The topological polar surface area (TPSA) is 77.5 Å². The Bertz CT molecular complexity index is 928. The summed E-state index contributed by atoms with van der Waals surface area (Å²) < 4.78 is 40.3. The number of carboxylic acids is 1. The molecule has 0 atom stereocenters. The van der Waals surface area contributed by atoms with Crippen molar-refractivity contribution in [3.63, 3.8) is 0 Å². The van der Waals surface area contributed by atoms with E-state index in [9.17, 15) is 22.7 Å². The first kappa shape index (κ1) is 17.8. The van der Waals surface area contributed by atoms with Crippen LogP contribution in [0.4, 0.5) is 4.39 Å². The molecule has 2 heterocycles. The second kappa shape index (κ2) is 7.07. The van der Waals surface area contributed by atoms with Gasteiger partial charge in [0.05, 0.1) is 5.97 Å². The first-order chi connectivity index (χ1) is 11.9. The molecule has 0 radical (unpaired) electrons. The molecule has 0 N–H and O–H groups in total. The first-order valence-electron chi connectivity index (χ1n) is 7.67. The predicted octanol–water partition coefficient (Wildman–Crippen LogP) is 1.96. The van der Waals surface area contributed by atoms with Gasteiger partial charge in [-0.1, -0.05) is 18.2 Å². The lowest BCUT2D eigenvalue weighted by Crippen LogP contribution is -2.27. The third-order valence-corrected chi connectivity index (χ3v) is 7.42. The molecule has 1 aliphatic heterocycles. The van der Waals surface area contributed by atoms with E-state index in [1.807, 2.05) is 0 Å². The highest BCUT2D eigenvalue weighted by Gasteiger charge is 2.28. The molecule has 3 rings (SSSR count). The van der Waals surface area contributed by atoms with E-state index in [2.05, 4.69) is 0 Å². The molecular formula is C17H15FNO4S2-. The monoisotopic (exact) mass is 380 g/mol. The van der Waals surface area contributed by atoms with E-state index in [1.54, 1.807) is 6.07 Å². The van der Waals surface area contributed by atoms with Crippen LogP contribution in [0.1, 0.15) is 23.3 Å². The summed E-state index contributed by atoms with van der Waals surface area (Å²) in [5, 5.41) is 11.5.